The monoisotopic (exact) mass is 493 g/mol. The molecule has 2 aromatic heterocycles. The number of hydrogen-bond donors (Lipinski definition) is 1. The molecule has 0 atom stereocenters. The van der Waals surface area contributed by atoms with E-state index in [9.17, 15) is 9.18 Å². The lowest BCUT2D eigenvalue weighted by atomic mass is 9.97. The highest BCUT2D eigenvalue weighted by Gasteiger charge is 2.29. The van der Waals surface area contributed by atoms with Crippen LogP contribution in [0.5, 0.6) is 5.75 Å². The lowest BCUT2D eigenvalue weighted by molar-refractivity contribution is 0.102. The molecular formula is C31H28FN3O2. The minimum Gasteiger partial charge on any atom is -0.497 e. The van der Waals surface area contributed by atoms with Crippen LogP contribution in [0.3, 0.4) is 0 Å². The molecule has 1 N–H and O–H groups in total. The van der Waals surface area contributed by atoms with Crippen molar-refractivity contribution in [2.24, 2.45) is 0 Å². The van der Waals surface area contributed by atoms with Crippen molar-refractivity contribution in [2.75, 3.05) is 12.4 Å². The second-order valence-corrected chi connectivity index (χ2v) is 9.57. The van der Waals surface area contributed by atoms with Gasteiger partial charge in [-0.2, -0.15) is 0 Å². The number of aromatic nitrogens is 2. The maximum absolute atomic E-state index is 14.0. The van der Waals surface area contributed by atoms with E-state index >= 15 is 0 Å². The van der Waals surface area contributed by atoms with E-state index in [0.29, 0.717) is 5.69 Å². The predicted molar refractivity (Wildman–Crippen MR) is 145 cm³/mol. The topological polar surface area (TPSA) is 47.7 Å². The number of hydrogen-bond acceptors (Lipinski definition) is 2. The van der Waals surface area contributed by atoms with Crippen molar-refractivity contribution in [3.05, 3.63) is 102 Å². The summed E-state index contributed by atoms with van der Waals surface area (Å²) >= 11 is 0. The molecule has 0 fully saturated rings. The van der Waals surface area contributed by atoms with Gasteiger partial charge in [-0.1, -0.05) is 29.8 Å². The fourth-order valence-electron chi connectivity index (χ4n) is 5.36. The first-order valence-corrected chi connectivity index (χ1v) is 12.6. The molecule has 0 radical (unpaired) electrons. The van der Waals surface area contributed by atoms with Gasteiger partial charge in [0.25, 0.3) is 5.91 Å². The summed E-state index contributed by atoms with van der Waals surface area (Å²) in [6.45, 7) is 2.86. The van der Waals surface area contributed by atoms with E-state index in [4.69, 9.17) is 4.74 Å². The van der Waals surface area contributed by atoms with Gasteiger partial charge in [-0.3, -0.25) is 9.20 Å². The lowest BCUT2D eigenvalue weighted by Crippen LogP contribution is -2.15. The second kappa shape index (κ2) is 9.28. The summed E-state index contributed by atoms with van der Waals surface area (Å²) in [5.74, 6) is 0.338. The summed E-state index contributed by atoms with van der Waals surface area (Å²) in [6, 6.07) is 22.3. The first kappa shape index (κ1) is 23.1. The van der Waals surface area contributed by atoms with Crippen molar-refractivity contribution in [1.82, 2.24) is 8.97 Å². The summed E-state index contributed by atoms with van der Waals surface area (Å²) in [4.78, 5) is 14.0. The van der Waals surface area contributed by atoms with Gasteiger partial charge in [-0.05, 0) is 85.8 Å². The largest absolute Gasteiger partial charge is 0.497 e. The number of aryl methyl sites for hydroxylation is 3. The zero-order valence-electron chi connectivity index (χ0n) is 20.9. The van der Waals surface area contributed by atoms with Crippen LogP contribution in [0.4, 0.5) is 10.1 Å². The minimum atomic E-state index is -0.265. The molecular weight excluding hydrogens is 465 g/mol. The predicted octanol–water partition coefficient (Wildman–Crippen LogP) is 7.12. The third kappa shape index (κ3) is 4.08. The van der Waals surface area contributed by atoms with Gasteiger partial charge < -0.3 is 14.6 Å². The van der Waals surface area contributed by atoms with E-state index in [1.807, 2.05) is 66.1 Å². The highest BCUT2D eigenvalue weighted by molar-refractivity contribution is 6.10. The van der Waals surface area contributed by atoms with Crippen LogP contribution >= 0.6 is 0 Å². The van der Waals surface area contributed by atoms with Gasteiger partial charge in [0.05, 0.1) is 12.8 Å². The Kier molecular flexibility index (Phi) is 5.80. The lowest BCUT2D eigenvalue weighted by Gasteiger charge is -2.11. The zero-order chi connectivity index (χ0) is 25.5. The Balaban J connectivity index is 1.59. The Morgan fingerprint density at radius 2 is 1.62 bits per heavy atom. The summed E-state index contributed by atoms with van der Waals surface area (Å²) in [7, 11) is 1.65. The number of benzene rings is 3. The van der Waals surface area contributed by atoms with Crippen LogP contribution in [-0.4, -0.2) is 22.0 Å². The van der Waals surface area contributed by atoms with Gasteiger partial charge in [0.1, 0.15) is 22.9 Å². The average molecular weight is 494 g/mol. The second-order valence-electron chi connectivity index (χ2n) is 9.57. The first-order chi connectivity index (χ1) is 18.0. The molecule has 1 aliphatic heterocycles. The van der Waals surface area contributed by atoms with E-state index < -0.39 is 0 Å². The van der Waals surface area contributed by atoms with E-state index in [1.54, 1.807) is 19.2 Å². The Labute approximate surface area is 215 Å². The summed E-state index contributed by atoms with van der Waals surface area (Å²) in [6.07, 6.45) is 4.94. The molecule has 0 spiro atoms. The molecule has 0 saturated heterocycles. The van der Waals surface area contributed by atoms with Gasteiger partial charge in [-0.25, -0.2) is 4.39 Å². The van der Waals surface area contributed by atoms with Crippen molar-refractivity contribution in [3.8, 4) is 28.1 Å². The molecule has 186 valence electrons. The van der Waals surface area contributed by atoms with Crippen LogP contribution in [0.25, 0.3) is 28.0 Å². The number of halogens is 1. The van der Waals surface area contributed by atoms with Crippen LogP contribution in [0.15, 0.2) is 79.0 Å². The Morgan fingerprint density at radius 3 is 2.32 bits per heavy atom. The standard InChI is InChI=1S/C31H28FN3O2/c1-20-6-14-24(15-7-20)33-30(36)29-28(22-10-16-25(37-2)17-11-22)26-5-3-4-18-34-27(19-35(29)31(26)34)21-8-12-23(32)13-9-21/h6-17,19H,3-5,18H2,1-2H3,(H,33,36). The molecule has 0 unspecified atom stereocenters. The molecule has 1 aliphatic rings. The third-order valence-corrected chi connectivity index (χ3v) is 7.18. The number of carbonyl (C=O) groups is 1. The smallest absolute Gasteiger partial charge is 0.273 e. The van der Waals surface area contributed by atoms with Crippen LogP contribution in [0, 0.1) is 12.7 Å². The number of methoxy groups -OCH3 is 1. The normalized spacial score (nSPS) is 12.9. The van der Waals surface area contributed by atoms with Crippen molar-refractivity contribution < 1.29 is 13.9 Å². The maximum atomic E-state index is 14.0. The Morgan fingerprint density at radius 1 is 0.919 bits per heavy atom. The molecule has 6 rings (SSSR count). The SMILES string of the molecule is COc1ccc(-c2c3c4n(c(-c5ccc(F)cc5)cn4c2C(=O)Nc2ccc(C)cc2)CCCC3)cc1. The molecule has 0 bridgehead atoms. The van der Waals surface area contributed by atoms with Crippen molar-refractivity contribution in [3.63, 3.8) is 0 Å². The molecule has 1 amide bonds. The van der Waals surface area contributed by atoms with Crippen LogP contribution in [0.1, 0.15) is 34.5 Å². The highest BCUT2D eigenvalue weighted by atomic mass is 19.1. The summed E-state index contributed by atoms with van der Waals surface area (Å²) < 4.78 is 23.4. The van der Waals surface area contributed by atoms with E-state index in [-0.39, 0.29) is 11.7 Å². The van der Waals surface area contributed by atoms with Crippen molar-refractivity contribution in [2.45, 2.75) is 32.7 Å². The van der Waals surface area contributed by atoms with Crippen LogP contribution < -0.4 is 10.1 Å². The van der Waals surface area contributed by atoms with Crippen LogP contribution in [0.2, 0.25) is 0 Å². The van der Waals surface area contributed by atoms with Crippen molar-refractivity contribution >= 4 is 17.2 Å². The fourth-order valence-corrected chi connectivity index (χ4v) is 5.36. The van der Waals surface area contributed by atoms with E-state index in [2.05, 4.69) is 9.88 Å². The average Bonchev–Trinajstić information content (AvgIpc) is 3.33. The number of carbonyl (C=O) groups excluding carboxylic acids is 1. The number of nitrogens with one attached hydrogen (secondary N) is 1. The molecule has 5 aromatic rings. The Bertz CT molecular complexity index is 1590. The number of imidazole rings is 1. The molecule has 5 nitrogen and oxygen atoms in total. The van der Waals surface area contributed by atoms with Gasteiger partial charge in [0, 0.05) is 29.6 Å². The molecule has 3 heterocycles. The zero-order valence-corrected chi connectivity index (χ0v) is 20.9. The number of amides is 1. The highest BCUT2D eigenvalue weighted by Crippen LogP contribution is 2.40. The molecule has 0 aliphatic carbocycles. The first-order valence-electron chi connectivity index (χ1n) is 12.6. The molecule has 37 heavy (non-hydrogen) atoms. The van der Waals surface area contributed by atoms with Gasteiger partial charge in [-0.15, -0.1) is 0 Å². The number of rotatable bonds is 5. The van der Waals surface area contributed by atoms with E-state index in [1.165, 1.54) is 12.1 Å². The van der Waals surface area contributed by atoms with Crippen LogP contribution in [-0.2, 0) is 13.0 Å². The Hall–Kier alpha value is -4.32. The fraction of sp³-hybridized carbons (Fsp3) is 0.194. The number of nitrogens with zero attached hydrogens (tertiary/aromatic N) is 2. The summed E-state index contributed by atoms with van der Waals surface area (Å²) in [5.41, 5.74) is 8.48. The van der Waals surface area contributed by atoms with Gasteiger partial charge in [0.15, 0.2) is 0 Å². The number of ether oxygens (including phenoxy) is 1. The quantitative estimate of drug-likeness (QED) is 0.283. The van der Waals surface area contributed by atoms with E-state index in [0.717, 1.165) is 76.4 Å². The van der Waals surface area contributed by atoms with Gasteiger partial charge >= 0.3 is 0 Å². The summed E-state index contributed by atoms with van der Waals surface area (Å²) in [5, 5.41) is 3.12. The molecule has 6 heteroatoms. The molecule has 0 saturated carbocycles. The van der Waals surface area contributed by atoms with Gasteiger partial charge in [0.2, 0.25) is 0 Å². The number of anilines is 1. The third-order valence-electron chi connectivity index (χ3n) is 7.18. The van der Waals surface area contributed by atoms with Crippen molar-refractivity contribution in [1.29, 1.82) is 0 Å². The minimum absolute atomic E-state index is 0.167. The molecule has 3 aromatic carbocycles. The maximum Gasteiger partial charge on any atom is 0.273 e.